The molecule has 0 aliphatic heterocycles. The number of nitrogens with one attached hydrogen (secondary N) is 1. The van der Waals surface area contributed by atoms with E-state index in [1.54, 1.807) is 31.2 Å². The Morgan fingerprint density at radius 3 is 2.32 bits per heavy atom. The molecule has 0 aliphatic carbocycles. The summed E-state index contributed by atoms with van der Waals surface area (Å²) in [6, 6.07) is 24.2. The van der Waals surface area contributed by atoms with Gasteiger partial charge in [-0.25, -0.2) is 4.79 Å². The van der Waals surface area contributed by atoms with E-state index in [0.717, 1.165) is 16.7 Å². The number of carbonyl (C=O) groups is 2. The lowest BCUT2D eigenvalue weighted by molar-refractivity contribution is -0.129. The number of esters is 1. The van der Waals surface area contributed by atoms with Crippen LogP contribution in [0, 0.1) is 6.92 Å². The Labute approximate surface area is 197 Å². The third-order valence-corrected chi connectivity index (χ3v) is 5.38. The normalized spacial score (nSPS) is 11.6. The molecule has 1 N–H and O–H groups in total. The van der Waals surface area contributed by atoms with Gasteiger partial charge in [0.25, 0.3) is 5.91 Å². The van der Waals surface area contributed by atoms with Crippen LogP contribution in [0.25, 0.3) is 22.9 Å². The molecule has 172 valence electrons. The molecule has 0 fully saturated rings. The van der Waals surface area contributed by atoms with E-state index >= 15 is 0 Å². The Morgan fingerprint density at radius 1 is 0.912 bits per heavy atom. The summed E-state index contributed by atoms with van der Waals surface area (Å²) in [5, 5.41) is 11.0. The first kappa shape index (κ1) is 22.9. The average Bonchev–Trinajstić information content (AvgIpc) is 3.35. The Bertz CT molecular complexity index is 1270. The fraction of sp³-hybridized carbons (Fsp3) is 0.185. The van der Waals surface area contributed by atoms with Crippen LogP contribution in [0.2, 0.25) is 0 Å². The minimum atomic E-state index is -0.907. The first-order valence-corrected chi connectivity index (χ1v) is 11.0. The highest BCUT2D eigenvalue weighted by Gasteiger charge is 2.19. The minimum absolute atomic E-state index is 0.325. The van der Waals surface area contributed by atoms with Crippen LogP contribution in [-0.4, -0.2) is 34.7 Å². The van der Waals surface area contributed by atoms with E-state index in [4.69, 9.17) is 9.15 Å². The Kier molecular flexibility index (Phi) is 7.13. The molecular formula is C27H25N3O4. The van der Waals surface area contributed by atoms with Gasteiger partial charge in [0.2, 0.25) is 11.8 Å². The fourth-order valence-electron chi connectivity index (χ4n) is 3.41. The van der Waals surface area contributed by atoms with Crippen molar-refractivity contribution in [1.82, 2.24) is 15.5 Å². The molecular weight excluding hydrogens is 430 g/mol. The molecule has 0 aliphatic rings. The number of amides is 1. The van der Waals surface area contributed by atoms with Crippen molar-refractivity contribution in [2.24, 2.45) is 0 Å². The van der Waals surface area contributed by atoms with Gasteiger partial charge in [0.1, 0.15) is 0 Å². The topological polar surface area (TPSA) is 94.3 Å². The molecule has 7 nitrogen and oxygen atoms in total. The lowest BCUT2D eigenvalue weighted by atomic mass is 10.1. The van der Waals surface area contributed by atoms with E-state index in [0.29, 0.717) is 35.9 Å². The molecule has 0 bridgehead atoms. The highest BCUT2D eigenvalue weighted by atomic mass is 16.5. The van der Waals surface area contributed by atoms with Crippen LogP contribution in [0.5, 0.6) is 0 Å². The van der Waals surface area contributed by atoms with Crippen molar-refractivity contribution < 1.29 is 18.7 Å². The lowest BCUT2D eigenvalue weighted by Crippen LogP contribution is -2.36. The van der Waals surface area contributed by atoms with Gasteiger partial charge in [-0.05, 0) is 61.7 Å². The van der Waals surface area contributed by atoms with E-state index in [2.05, 4.69) is 15.5 Å². The predicted octanol–water partition coefficient (Wildman–Crippen LogP) is 4.62. The Hall–Kier alpha value is -4.26. The lowest BCUT2D eigenvalue weighted by Gasteiger charge is -2.13. The van der Waals surface area contributed by atoms with Gasteiger partial charge in [-0.2, -0.15) is 0 Å². The van der Waals surface area contributed by atoms with Crippen LogP contribution < -0.4 is 5.32 Å². The molecule has 0 spiro atoms. The van der Waals surface area contributed by atoms with Crippen LogP contribution in [0.1, 0.15) is 28.4 Å². The number of hydrogen-bond donors (Lipinski definition) is 1. The average molecular weight is 456 g/mol. The molecule has 0 saturated carbocycles. The predicted molar refractivity (Wildman–Crippen MR) is 128 cm³/mol. The van der Waals surface area contributed by atoms with Crippen LogP contribution >= 0.6 is 0 Å². The van der Waals surface area contributed by atoms with Crippen LogP contribution in [0.4, 0.5) is 0 Å². The molecule has 7 heteroatoms. The molecule has 3 aromatic carbocycles. The number of benzene rings is 3. The number of carbonyl (C=O) groups excluding carboxylic acids is 2. The fourth-order valence-corrected chi connectivity index (χ4v) is 3.41. The smallest absolute Gasteiger partial charge is 0.338 e. The standard InChI is InChI=1S/C27H25N3O4/c1-18-8-6-7-11-23(18)26-30-29-25(34-26)21-12-14-22(15-13-21)27(32)33-19(2)24(31)28-17-16-20-9-4-3-5-10-20/h3-15,19H,16-17H2,1-2H3,(H,28,31). The van der Waals surface area contributed by atoms with Gasteiger partial charge in [-0.3, -0.25) is 4.79 Å². The molecule has 4 aromatic rings. The number of hydrogen-bond acceptors (Lipinski definition) is 6. The highest BCUT2D eigenvalue weighted by Crippen LogP contribution is 2.26. The van der Waals surface area contributed by atoms with Crippen molar-refractivity contribution in [3.8, 4) is 22.9 Å². The second kappa shape index (κ2) is 10.6. The number of aromatic nitrogens is 2. The first-order chi connectivity index (χ1) is 16.5. The van der Waals surface area contributed by atoms with Gasteiger partial charge in [0, 0.05) is 17.7 Å². The van der Waals surface area contributed by atoms with Crippen LogP contribution in [0.3, 0.4) is 0 Å². The zero-order valence-corrected chi connectivity index (χ0v) is 19.0. The number of rotatable bonds is 8. The van der Waals surface area contributed by atoms with E-state index < -0.39 is 12.1 Å². The molecule has 1 atom stereocenters. The maximum atomic E-state index is 12.5. The first-order valence-electron chi connectivity index (χ1n) is 11.0. The van der Waals surface area contributed by atoms with Gasteiger partial charge in [-0.15, -0.1) is 10.2 Å². The third kappa shape index (κ3) is 5.56. The zero-order valence-electron chi connectivity index (χ0n) is 19.0. The maximum Gasteiger partial charge on any atom is 0.338 e. The quantitative estimate of drug-likeness (QED) is 0.390. The summed E-state index contributed by atoms with van der Waals surface area (Å²) in [6.07, 6.45) is -0.203. The molecule has 4 rings (SSSR count). The molecule has 1 unspecified atom stereocenters. The molecule has 1 heterocycles. The highest BCUT2D eigenvalue weighted by molar-refractivity contribution is 5.92. The number of ether oxygens (including phenoxy) is 1. The minimum Gasteiger partial charge on any atom is -0.449 e. The van der Waals surface area contributed by atoms with E-state index in [-0.39, 0.29) is 5.91 Å². The second-order valence-corrected chi connectivity index (χ2v) is 7.88. The summed E-state index contributed by atoms with van der Waals surface area (Å²) in [5.41, 5.74) is 4.04. The van der Waals surface area contributed by atoms with Crippen molar-refractivity contribution in [3.63, 3.8) is 0 Å². The van der Waals surface area contributed by atoms with E-state index in [1.165, 1.54) is 0 Å². The molecule has 0 saturated heterocycles. The van der Waals surface area contributed by atoms with Crippen molar-refractivity contribution in [2.45, 2.75) is 26.4 Å². The van der Waals surface area contributed by atoms with Crippen LogP contribution in [0.15, 0.2) is 83.3 Å². The van der Waals surface area contributed by atoms with Crippen molar-refractivity contribution in [1.29, 1.82) is 0 Å². The monoisotopic (exact) mass is 455 g/mol. The number of aryl methyl sites for hydroxylation is 1. The van der Waals surface area contributed by atoms with Gasteiger partial charge in [0.15, 0.2) is 6.10 Å². The zero-order chi connectivity index (χ0) is 23.9. The Balaban J connectivity index is 1.32. The summed E-state index contributed by atoms with van der Waals surface area (Å²) in [7, 11) is 0. The Morgan fingerprint density at radius 2 is 1.59 bits per heavy atom. The maximum absolute atomic E-state index is 12.5. The van der Waals surface area contributed by atoms with Gasteiger partial charge in [0.05, 0.1) is 5.56 Å². The SMILES string of the molecule is Cc1ccccc1-c1nnc(-c2ccc(C(=O)OC(C)C(=O)NCCc3ccccc3)cc2)o1. The molecule has 1 amide bonds. The van der Waals surface area contributed by atoms with Crippen LogP contribution in [-0.2, 0) is 16.0 Å². The summed E-state index contributed by atoms with van der Waals surface area (Å²) in [4.78, 5) is 24.7. The third-order valence-electron chi connectivity index (χ3n) is 5.38. The molecule has 34 heavy (non-hydrogen) atoms. The molecule has 1 aromatic heterocycles. The number of nitrogens with zero attached hydrogens (tertiary/aromatic N) is 2. The van der Waals surface area contributed by atoms with Gasteiger partial charge in [-0.1, -0.05) is 48.5 Å². The van der Waals surface area contributed by atoms with Crippen molar-refractivity contribution in [3.05, 3.63) is 95.6 Å². The summed E-state index contributed by atoms with van der Waals surface area (Å²) in [5.74, 6) is -0.132. The van der Waals surface area contributed by atoms with Crippen molar-refractivity contribution >= 4 is 11.9 Å². The summed E-state index contributed by atoms with van der Waals surface area (Å²) in [6.45, 7) is 3.99. The molecule has 0 radical (unpaired) electrons. The van der Waals surface area contributed by atoms with Gasteiger partial charge < -0.3 is 14.5 Å². The van der Waals surface area contributed by atoms with Gasteiger partial charge >= 0.3 is 5.97 Å². The summed E-state index contributed by atoms with van der Waals surface area (Å²) < 4.78 is 11.1. The van der Waals surface area contributed by atoms with Crippen molar-refractivity contribution in [2.75, 3.05) is 6.54 Å². The largest absolute Gasteiger partial charge is 0.449 e. The van der Waals surface area contributed by atoms with E-state index in [1.807, 2.05) is 61.5 Å². The van der Waals surface area contributed by atoms with E-state index in [9.17, 15) is 9.59 Å². The second-order valence-electron chi connectivity index (χ2n) is 7.88. The summed E-state index contributed by atoms with van der Waals surface area (Å²) >= 11 is 0.